The number of likely N-dealkylation sites (tertiary alicyclic amines) is 1. The monoisotopic (exact) mass is 250 g/mol. The fraction of sp³-hybridized carbons (Fsp3) is 0.917. The van der Waals surface area contributed by atoms with Crippen LogP contribution in [0.3, 0.4) is 0 Å². The minimum atomic E-state index is 0.574. The molecule has 0 amide bonds. The van der Waals surface area contributed by atoms with Crippen molar-refractivity contribution in [1.82, 2.24) is 25.1 Å². The van der Waals surface area contributed by atoms with Crippen molar-refractivity contribution in [2.45, 2.75) is 44.7 Å². The predicted molar refractivity (Wildman–Crippen MR) is 67.8 cm³/mol. The lowest BCUT2D eigenvalue weighted by Gasteiger charge is -2.31. The summed E-state index contributed by atoms with van der Waals surface area (Å²) in [5, 5.41) is 12.1. The molecule has 0 unspecified atom stereocenters. The van der Waals surface area contributed by atoms with Crippen molar-refractivity contribution in [1.29, 1.82) is 0 Å². The summed E-state index contributed by atoms with van der Waals surface area (Å²) in [6.07, 6.45) is 6.17. The number of hydrogen-bond donors (Lipinski definition) is 1. The summed E-state index contributed by atoms with van der Waals surface area (Å²) in [6, 6.07) is 0.574. The van der Waals surface area contributed by atoms with Gasteiger partial charge in [0.1, 0.15) is 0 Å². The molecule has 1 aromatic heterocycles. The summed E-state index contributed by atoms with van der Waals surface area (Å²) in [6.45, 7) is 4.04. The maximum atomic E-state index is 5.62. The number of tetrazole rings is 1. The molecule has 2 fully saturated rings. The number of hydrogen-bond acceptors (Lipinski definition) is 5. The number of piperidine rings is 1. The normalized spacial score (nSPS) is 22.5. The first-order chi connectivity index (χ1) is 8.86. The van der Waals surface area contributed by atoms with Crippen LogP contribution in [-0.2, 0) is 6.54 Å². The lowest BCUT2D eigenvalue weighted by atomic mass is 9.94. The first kappa shape index (κ1) is 12.0. The molecule has 1 aliphatic carbocycles. The summed E-state index contributed by atoms with van der Waals surface area (Å²) in [5.41, 5.74) is 5.62. The van der Waals surface area contributed by atoms with Crippen LogP contribution in [-0.4, -0.2) is 44.7 Å². The van der Waals surface area contributed by atoms with Crippen molar-refractivity contribution < 1.29 is 0 Å². The number of nitrogens with zero attached hydrogens (tertiary/aromatic N) is 5. The summed E-state index contributed by atoms with van der Waals surface area (Å²) >= 11 is 0. The highest BCUT2D eigenvalue weighted by molar-refractivity contribution is 4.91. The Labute approximate surface area is 108 Å². The molecular weight excluding hydrogens is 228 g/mol. The van der Waals surface area contributed by atoms with Crippen LogP contribution in [0.1, 0.15) is 44.0 Å². The molecule has 6 heteroatoms. The molecule has 2 aliphatic rings. The van der Waals surface area contributed by atoms with E-state index in [1.807, 2.05) is 4.68 Å². The van der Waals surface area contributed by atoms with Crippen LogP contribution in [0.2, 0.25) is 0 Å². The molecule has 0 bridgehead atoms. The van der Waals surface area contributed by atoms with E-state index in [1.54, 1.807) is 0 Å². The zero-order valence-corrected chi connectivity index (χ0v) is 10.8. The molecule has 0 atom stereocenters. The molecule has 1 aliphatic heterocycles. The Kier molecular flexibility index (Phi) is 3.56. The lowest BCUT2D eigenvalue weighted by molar-refractivity contribution is 0.167. The third-order valence-corrected chi connectivity index (χ3v) is 4.10. The molecule has 0 aromatic carbocycles. The number of aromatic nitrogens is 4. The first-order valence-corrected chi connectivity index (χ1v) is 7.06. The smallest absolute Gasteiger partial charge is 0.165 e. The molecule has 2 N–H and O–H groups in total. The Morgan fingerprint density at radius 2 is 1.94 bits per heavy atom. The molecule has 18 heavy (non-hydrogen) atoms. The zero-order chi connectivity index (χ0) is 12.4. The van der Waals surface area contributed by atoms with Crippen molar-refractivity contribution in [2.24, 2.45) is 11.7 Å². The van der Waals surface area contributed by atoms with Crippen molar-refractivity contribution >= 4 is 0 Å². The van der Waals surface area contributed by atoms with E-state index in [4.69, 9.17) is 5.73 Å². The average molecular weight is 250 g/mol. The lowest BCUT2D eigenvalue weighted by Crippen LogP contribution is -2.34. The molecule has 1 aromatic rings. The third kappa shape index (κ3) is 2.70. The average Bonchev–Trinajstić information content (AvgIpc) is 3.13. The van der Waals surface area contributed by atoms with Gasteiger partial charge in [-0.05, 0) is 68.1 Å². The van der Waals surface area contributed by atoms with Gasteiger partial charge in [-0.2, -0.15) is 0 Å². The second-order valence-electron chi connectivity index (χ2n) is 5.57. The van der Waals surface area contributed by atoms with Crippen LogP contribution in [0.5, 0.6) is 0 Å². The molecule has 1 saturated heterocycles. The minimum absolute atomic E-state index is 0.574. The Morgan fingerprint density at radius 3 is 2.61 bits per heavy atom. The molecule has 2 heterocycles. The van der Waals surface area contributed by atoms with Crippen molar-refractivity contribution in [3.8, 4) is 0 Å². The van der Waals surface area contributed by atoms with Gasteiger partial charge in [0.25, 0.3) is 0 Å². The van der Waals surface area contributed by atoms with E-state index < -0.39 is 0 Å². The van der Waals surface area contributed by atoms with Crippen molar-refractivity contribution in [3.05, 3.63) is 5.82 Å². The van der Waals surface area contributed by atoms with Gasteiger partial charge in [-0.1, -0.05) is 0 Å². The van der Waals surface area contributed by atoms with E-state index in [0.717, 1.165) is 37.9 Å². The Bertz CT molecular complexity index is 378. The SMILES string of the molecule is NCCC1CCN(Cc2nnnn2C2CC2)CC1. The zero-order valence-electron chi connectivity index (χ0n) is 10.8. The first-order valence-electron chi connectivity index (χ1n) is 7.06. The molecule has 0 spiro atoms. The van der Waals surface area contributed by atoms with Gasteiger partial charge in [0, 0.05) is 0 Å². The summed E-state index contributed by atoms with van der Waals surface area (Å²) in [7, 11) is 0. The molecule has 100 valence electrons. The van der Waals surface area contributed by atoms with Crippen molar-refractivity contribution in [2.75, 3.05) is 19.6 Å². The molecule has 1 saturated carbocycles. The second kappa shape index (κ2) is 5.32. The largest absolute Gasteiger partial charge is 0.330 e. The molecule has 0 radical (unpaired) electrons. The standard InChI is InChI=1S/C12H22N6/c13-6-3-10-4-7-17(8-5-10)9-12-14-15-16-18(12)11-1-2-11/h10-11H,1-9,13H2. The van der Waals surface area contributed by atoms with Crippen LogP contribution in [0.15, 0.2) is 0 Å². The minimum Gasteiger partial charge on any atom is -0.330 e. The summed E-state index contributed by atoms with van der Waals surface area (Å²) in [4.78, 5) is 2.47. The van der Waals surface area contributed by atoms with Crippen LogP contribution < -0.4 is 5.73 Å². The highest BCUT2D eigenvalue weighted by Crippen LogP contribution is 2.34. The van der Waals surface area contributed by atoms with Gasteiger partial charge in [-0.3, -0.25) is 4.90 Å². The van der Waals surface area contributed by atoms with Crippen LogP contribution >= 0.6 is 0 Å². The Hall–Kier alpha value is -1.01. The van der Waals surface area contributed by atoms with Crippen LogP contribution in [0.4, 0.5) is 0 Å². The van der Waals surface area contributed by atoms with Crippen LogP contribution in [0, 0.1) is 5.92 Å². The Balaban J connectivity index is 1.52. The van der Waals surface area contributed by atoms with E-state index in [0.29, 0.717) is 6.04 Å². The molecule has 6 nitrogen and oxygen atoms in total. The quantitative estimate of drug-likeness (QED) is 0.827. The van der Waals surface area contributed by atoms with E-state index in [2.05, 4.69) is 20.4 Å². The third-order valence-electron chi connectivity index (χ3n) is 4.10. The summed E-state index contributed by atoms with van der Waals surface area (Å²) in [5.74, 6) is 1.86. The van der Waals surface area contributed by atoms with Gasteiger partial charge >= 0.3 is 0 Å². The van der Waals surface area contributed by atoms with Crippen molar-refractivity contribution in [3.63, 3.8) is 0 Å². The van der Waals surface area contributed by atoms with Crippen LogP contribution in [0.25, 0.3) is 0 Å². The number of rotatable bonds is 5. The fourth-order valence-corrected chi connectivity index (χ4v) is 2.79. The maximum Gasteiger partial charge on any atom is 0.165 e. The van der Waals surface area contributed by atoms with Gasteiger partial charge in [0.05, 0.1) is 12.6 Å². The molecular formula is C12H22N6. The van der Waals surface area contributed by atoms with Gasteiger partial charge in [0.2, 0.25) is 0 Å². The van der Waals surface area contributed by atoms with E-state index in [9.17, 15) is 0 Å². The maximum absolute atomic E-state index is 5.62. The fourth-order valence-electron chi connectivity index (χ4n) is 2.79. The van der Waals surface area contributed by atoms with Gasteiger partial charge < -0.3 is 5.73 Å². The topological polar surface area (TPSA) is 72.9 Å². The highest BCUT2D eigenvalue weighted by atomic mass is 15.6. The molecule has 3 rings (SSSR count). The number of nitrogens with two attached hydrogens (primary N) is 1. The second-order valence-corrected chi connectivity index (χ2v) is 5.57. The van der Waals surface area contributed by atoms with E-state index in [-0.39, 0.29) is 0 Å². The highest BCUT2D eigenvalue weighted by Gasteiger charge is 2.28. The summed E-state index contributed by atoms with van der Waals surface area (Å²) < 4.78 is 2.02. The predicted octanol–water partition coefficient (Wildman–Crippen LogP) is 0.569. The Morgan fingerprint density at radius 1 is 1.17 bits per heavy atom. The van der Waals surface area contributed by atoms with Gasteiger partial charge in [-0.15, -0.1) is 5.10 Å². The van der Waals surface area contributed by atoms with E-state index >= 15 is 0 Å². The van der Waals surface area contributed by atoms with E-state index in [1.165, 1.54) is 32.1 Å². The van der Waals surface area contributed by atoms with Gasteiger partial charge in [0.15, 0.2) is 5.82 Å². The van der Waals surface area contributed by atoms with Gasteiger partial charge in [-0.25, -0.2) is 4.68 Å².